The first kappa shape index (κ1) is 16.1. The number of alkyl halides is 3. The van der Waals surface area contributed by atoms with Gasteiger partial charge < -0.3 is 10.6 Å². The van der Waals surface area contributed by atoms with Crippen LogP contribution in [0.15, 0.2) is 29.3 Å². The maximum atomic E-state index is 12.7. The second-order valence-electron chi connectivity index (χ2n) is 6.61. The van der Waals surface area contributed by atoms with Crippen molar-refractivity contribution in [2.45, 2.75) is 38.4 Å². The molecule has 0 amide bonds. The van der Waals surface area contributed by atoms with Gasteiger partial charge in [0.1, 0.15) is 0 Å². The van der Waals surface area contributed by atoms with Crippen LogP contribution in [0.3, 0.4) is 0 Å². The van der Waals surface area contributed by atoms with Gasteiger partial charge in [-0.05, 0) is 54.7 Å². The fourth-order valence-corrected chi connectivity index (χ4v) is 3.11. The quantitative estimate of drug-likeness (QED) is 0.641. The zero-order valence-corrected chi connectivity index (χ0v) is 13.2. The van der Waals surface area contributed by atoms with Gasteiger partial charge in [0.05, 0.1) is 5.56 Å². The molecule has 2 fully saturated rings. The van der Waals surface area contributed by atoms with E-state index in [1.54, 1.807) is 13.1 Å². The summed E-state index contributed by atoms with van der Waals surface area (Å²) < 4.78 is 38.2. The number of nitrogens with zero attached hydrogens (tertiary/aromatic N) is 1. The first-order valence-electron chi connectivity index (χ1n) is 8.04. The Hall–Kier alpha value is -1.72. The van der Waals surface area contributed by atoms with Gasteiger partial charge in [-0.1, -0.05) is 12.1 Å². The Morgan fingerprint density at radius 3 is 2.57 bits per heavy atom. The standard InChI is InChI=1S/C17H22F3N3/c1-21-15(23-11-16(7-8-16)13-5-6-13)22-10-12-3-2-4-14(9-12)17(18,19)20/h2-4,9,13H,5-8,10-11H2,1H3,(H2,21,22,23). The molecule has 2 aliphatic rings. The van der Waals surface area contributed by atoms with Gasteiger partial charge in [-0.25, -0.2) is 0 Å². The minimum Gasteiger partial charge on any atom is -0.356 e. The zero-order chi connectivity index (χ0) is 16.5. The van der Waals surface area contributed by atoms with Crippen molar-refractivity contribution in [3.05, 3.63) is 35.4 Å². The molecule has 2 saturated carbocycles. The van der Waals surface area contributed by atoms with E-state index in [2.05, 4.69) is 15.6 Å². The van der Waals surface area contributed by atoms with E-state index in [4.69, 9.17) is 0 Å². The molecular formula is C17H22F3N3. The van der Waals surface area contributed by atoms with E-state index in [9.17, 15) is 13.2 Å². The number of hydrogen-bond donors (Lipinski definition) is 2. The fourth-order valence-electron chi connectivity index (χ4n) is 3.11. The molecule has 0 atom stereocenters. The van der Waals surface area contributed by atoms with Crippen LogP contribution in [0.4, 0.5) is 13.2 Å². The molecule has 2 N–H and O–H groups in total. The molecule has 0 unspecified atom stereocenters. The van der Waals surface area contributed by atoms with Gasteiger partial charge in [0, 0.05) is 20.1 Å². The van der Waals surface area contributed by atoms with Crippen molar-refractivity contribution in [3.8, 4) is 0 Å². The molecule has 2 aliphatic carbocycles. The van der Waals surface area contributed by atoms with Crippen LogP contribution in [0.5, 0.6) is 0 Å². The smallest absolute Gasteiger partial charge is 0.356 e. The summed E-state index contributed by atoms with van der Waals surface area (Å²) in [5.41, 5.74) is 0.421. The van der Waals surface area contributed by atoms with Crippen LogP contribution < -0.4 is 10.6 Å². The molecule has 6 heteroatoms. The van der Waals surface area contributed by atoms with E-state index in [1.165, 1.54) is 37.8 Å². The van der Waals surface area contributed by atoms with Crippen molar-refractivity contribution in [1.29, 1.82) is 0 Å². The molecule has 0 radical (unpaired) electrons. The van der Waals surface area contributed by atoms with E-state index >= 15 is 0 Å². The van der Waals surface area contributed by atoms with Crippen molar-refractivity contribution < 1.29 is 13.2 Å². The zero-order valence-electron chi connectivity index (χ0n) is 13.2. The molecule has 3 rings (SSSR count). The second-order valence-corrected chi connectivity index (χ2v) is 6.61. The summed E-state index contributed by atoms with van der Waals surface area (Å²) in [6, 6.07) is 5.38. The number of benzene rings is 1. The van der Waals surface area contributed by atoms with Crippen LogP contribution in [-0.4, -0.2) is 19.6 Å². The molecule has 1 aromatic carbocycles. The van der Waals surface area contributed by atoms with E-state index in [-0.39, 0.29) is 0 Å². The lowest BCUT2D eigenvalue weighted by atomic mass is 10.0. The maximum absolute atomic E-state index is 12.7. The molecule has 1 aromatic rings. The third-order valence-corrected chi connectivity index (χ3v) is 4.88. The number of halogens is 3. The van der Waals surface area contributed by atoms with Crippen LogP contribution in [0, 0.1) is 11.3 Å². The Bertz CT molecular complexity index is 587. The molecule has 126 valence electrons. The summed E-state index contributed by atoms with van der Waals surface area (Å²) in [7, 11) is 1.68. The number of rotatable bonds is 5. The van der Waals surface area contributed by atoms with Crippen LogP contribution in [0.2, 0.25) is 0 Å². The first-order chi connectivity index (χ1) is 10.9. The predicted molar refractivity (Wildman–Crippen MR) is 84.0 cm³/mol. The second kappa shape index (κ2) is 6.06. The van der Waals surface area contributed by atoms with Crippen molar-refractivity contribution >= 4 is 5.96 Å². The third-order valence-electron chi connectivity index (χ3n) is 4.88. The SMILES string of the molecule is CN=C(NCc1cccc(C(F)(F)F)c1)NCC1(C2CC2)CC1. The first-order valence-corrected chi connectivity index (χ1v) is 8.04. The number of aliphatic imine (C=N–C) groups is 1. The van der Waals surface area contributed by atoms with Crippen LogP contribution in [0.1, 0.15) is 36.8 Å². The van der Waals surface area contributed by atoms with Gasteiger partial charge in [0.25, 0.3) is 0 Å². The predicted octanol–water partition coefficient (Wildman–Crippen LogP) is 3.56. The Morgan fingerprint density at radius 2 is 2.00 bits per heavy atom. The summed E-state index contributed by atoms with van der Waals surface area (Å²) in [6.45, 7) is 1.22. The van der Waals surface area contributed by atoms with Crippen LogP contribution in [0.25, 0.3) is 0 Å². The lowest BCUT2D eigenvalue weighted by Crippen LogP contribution is -2.40. The topological polar surface area (TPSA) is 36.4 Å². The summed E-state index contributed by atoms with van der Waals surface area (Å²) in [4.78, 5) is 4.16. The number of nitrogens with one attached hydrogen (secondary N) is 2. The van der Waals surface area contributed by atoms with Crippen LogP contribution >= 0.6 is 0 Å². The Kier molecular flexibility index (Phi) is 4.25. The monoisotopic (exact) mass is 325 g/mol. The van der Waals surface area contributed by atoms with Crippen molar-refractivity contribution in [1.82, 2.24) is 10.6 Å². The minimum atomic E-state index is -4.31. The maximum Gasteiger partial charge on any atom is 0.416 e. The average Bonchev–Trinajstić information content (AvgIpc) is 3.39. The highest BCUT2D eigenvalue weighted by molar-refractivity contribution is 5.79. The van der Waals surface area contributed by atoms with Crippen molar-refractivity contribution in [3.63, 3.8) is 0 Å². The van der Waals surface area contributed by atoms with Crippen molar-refractivity contribution in [2.24, 2.45) is 16.3 Å². The third kappa shape index (κ3) is 3.98. The average molecular weight is 325 g/mol. The lowest BCUT2D eigenvalue weighted by Gasteiger charge is -2.18. The lowest BCUT2D eigenvalue weighted by molar-refractivity contribution is -0.137. The summed E-state index contributed by atoms with van der Waals surface area (Å²) in [5, 5.41) is 6.42. The number of hydrogen-bond acceptors (Lipinski definition) is 1. The van der Waals surface area contributed by atoms with Gasteiger partial charge in [0.15, 0.2) is 5.96 Å². The van der Waals surface area contributed by atoms with Gasteiger partial charge >= 0.3 is 6.18 Å². The summed E-state index contributed by atoms with van der Waals surface area (Å²) in [5.74, 6) is 1.51. The largest absolute Gasteiger partial charge is 0.416 e. The highest BCUT2D eigenvalue weighted by Gasteiger charge is 2.53. The Labute approximate surface area is 134 Å². The minimum absolute atomic E-state index is 0.319. The summed E-state index contributed by atoms with van der Waals surface area (Å²) in [6.07, 6.45) is 0.902. The van der Waals surface area contributed by atoms with Gasteiger partial charge in [0.2, 0.25) is 0 Å². The number of guanidine groups is 1. The molecule has 0 saturated heterocycles. The molecular weight excluding hydrogens is 303 g/mol. The summed E-state index contributed by atoms with van der Waals surface area (Å²) >= 11 is 0. The molecule has 0 bridgehead atoms. The molecule has 23 heavy (non-hydrogen) atoms. The van der Waals surface area contributed by atoms with E-state index in [0.29, 0.717) is 23.5 Å². The van der Waals surface area contributed by atoms with E-state index < -0.39 is 11.7 Å². The molecule has 0 spiro atoms. The van der Waals surface area contributed by atoms with E-state index in [1.807, 2.05) is 0 Å². The molecule has 0 aliphatic heterocycles. The van der Waals surface area contributed by atoms with E-state index in [0.717, 1.165) is 18.5 Å². The Balaban J connectivity index is 1.52. The van der Waals surface area contributed by atoms with Gasteiger partial charge in [-0.15, -0.1) is 0 Å². The molecule has 0 aromatic heterocycles. The Morgan fingerprint density at radius 1 is 1.26 bits per heavy atom. The normalized spacial score (nSPS) is 20.3. The van der Waals surface area contributed by atoms with Gasteiger partial charge in [-0.2, -0.15) is 13.2 Å². The fraction of sp³-hybridized carbons (Fsp3) is 0.588. The highest BCUT2D eigenvalue weighted by Crippen LogP contribution is 2.60. The van der Waals surface area contributed by atoms with Crippen molar-refractivity contribution in [2.75, 3.05) is 13.6 Å². The van der Waals surface area contributed by atoms with Crippen LogP contribution in [-0.2, 0) is 12.7 Å². The highest BCUT2D eigenvalue weighted by atomic mass is 19.4. The van der Waals surface area contributed by atoms with Gasteiger partial charge in [-0.3, -0.25) is 4.99 Å². The molecule has 0 heterocycles. The molecule has 3 nitrogen and oxygen atoms in total.